The second-order valence-electron chi connectivity index (χ2n) is 8.29. The number of benzene rings is 1. The quantitative estimate of drug-likeness (QED) is 0.127. The highest BCUT2D eigenvalue weighted by Gasteiger charge is 2.27. The van der Waals surface area contributed by atoms with Crippen LogP contribution in [0.5, 0.6) is 5.75 Å². The highest BCUT2D eigenvalue weighted by atomic mass is 35.5. The summed E-state index contributed by atoms with van der Waals surface area (Å²) in [7, 11) is 0. The summed E-state index contributed by atoms with van der Waals surface area (Å²) in [5.74, 6) is 0.580. The van der Waals surface area contributed by atoms with Gasteiger partial charge in [-0.2, -0.15) is 11.8 Å². The Morgan fingerprint density at radius 3 is 2.28 bits per heavy atom. The fraction of sp³-hybridized carbons (Fsp3) is 0.583. The van der Waals surface area contributed by atoms with Crippen LogP contribution in [0.15, 0.2) is 24.3 Å². The maximum atomic E-state index is 12.8. The zero-order valence-electron chi connectivity index (χ0n) is 20.8. The lowest BCUT2D eigenvalue weighted by Crippen LogP contribution is -2.51. The third-order valence-corrected chi connectivity index (χ3v) is 5.96. The number of carbonyl (C=O) groups excluding carboxylic acids is 4. The third-order valence-electron chi connectivity index (χ3n) is 4.98. The molecular weight excluding hydrogens is 529 g/mol. The molecule has 0 spiro atoms. The Labute approximate surface area is 229 Å². The molecule has 3 amide bonds. The number of ether oxygens (including phenoxy) is 2. The van der Waals surface area contributed by atoms with Crippen LogP contribution in [0.3, 0.4) is 0 Å². The summed E-state index contributed by atoms with van der Waals surface area (Å²) in [4.78, 5) is 50.0. The lowest BCUT2D eigenvalue weighted by atomic mass is 10.0. The van der Waals surface area contributed by atoms with Crippen LogP contribution < -0.4 is 15.4 Å². The zero-order valence-corrected chi connectivity index (χ0v) is 23.2. The number of hydrogen-bond acceptors (Lipinski definition) is 7. The number of nitrogens with zero attached hydrogens (tertiary/aromatic N) is 1. The van der Waals surface area contributed by atoms with Crippen LogP contribution >= 0.6 is 35.0 Å². The SMILES string of the molecule is CSCCC(NC=O)C(=O)NC(CC(C)C)C(=O)Oc1ccc(COC(=O)N(CCCl)CCCl)cc1.[HH].[HH]. The van der Waals surface area contributed by atoms with Crippen LogP contribution in [0.2, 0.25) is 0 Å². The van der Waals surface area contributed by atoms with Crippen molar-refractivity contribution in [3.8, 4) is 5.75 Å². The van der Waals surface area contributed by atoms with Gasteiger partial charge in [-0.25, -0.2) is 9.59 Å². The molecule has 0 aromatic heterocycles. The van der Waals surface area contributed by atoms with E-state index in [1.54, 1.807) is 36.0 Å². The van der Waals surface area contributed by atoms with Crippen molar-refractivity contribution in [2.24, 2.45) is 5.92 Å². The van der Waals surface area contributed by atoms with E-state index in [2.05, 4.69) is 10.6 Å². The van der Waals surface area contributed by atoms with E-state index in [9.17, 15) is 19.2 Å². The maximum Gasteiger partial charge on any atom is 0.410 e. The van der Waals surface area contributed by atoms with Gasteiger partial charge in [0, 0.05) is 27.7 Å². The first kappa shape index (κ1) is 31.9. The molecule has 9 nitrogen and oxygen atoms in total. The molecule has 36 heavy (non-hydrogen) atoms. The first-order valence-electron chi connectivity index (χ1n) is 11.6. The second kappa shape index (κ2) is 18.1. The molecule has 1 aromatic carbocycles. The van der Waals surface area contributed by atoms with Gasteiger partial charge in [-0.1, -0.05) is 26.0 Å². The molecule has 0 heterocycles. The van der Waals surface area contributed by atoms with Gasteiger partial charge in [0.15, 0.2) is 0 Å². The van der Waals surface area contributed by atoms with Gasteiger partial charge < -0.3 is 25.0 Å². The summed E-state index contributed by atoms with van der Waals surface area (Å²) < 4.78 is 10.8. The monoisotopic (exact) mass is 567 g/mol. The molecule has 0 aliphatic rings. The number of thioether (sulfide) groups is 1. The lowest BCUT2D eigenvalue weighted by molar-refractivity contribution is -0.140. The van der Waals surface area contributed by atoms with Crippen molar-refractivity contribution in [2.45, 2.75) is 45.4 Å². The van der Waals surface area contributed by atoms with E-state index in [-0.39, 0.29) is 32.9 Å². The normalized spacial score (nSPS) is 12.4. The van der Waals surface area contributed by atoms with Crippen molar-refractivity contribution in [3.05, 3.63) is 29.8 Å². The highest BCUT2D eigenvalue weighted by Crippen LogP contribution is 2.16. The van der Waals surface area contributed by atoms with Crippen LogP contribution in [0.4, 0.5) is 4.79 Å². The van der Waals surface area contributed by atoms with Gasteiger partial charge in [-0.15, -0.1) is 23.2 Å². The number of alkyl halides is 2. The molecule has 206 valence electrons. The molecule has 2 N–H and O–H groups in total. The second-order valence-corrected chi connectivity index (χ2v) is 10.0. The molecule has 0 bridgehead atoms. The van der Waals surface area contributed by atoms with Crippen molar-refractivity contribution in [1.29, 1.82) is 0 Å². The molecule has 0 radical (unpaired) electrons. The van der Waals surface area contributed by atoms with Crippen LogP contribution in [-0.4, -0.2) is 78.2 Å². The molecule has 0 saturated carbocycles. The number of amides is 3. The standard InChI is InChI=1S/C24H35Cl2N3O6S.2H2/c1-17(2)14-21(28-22(31)20(27-16-30)8-13-36-3)23(32)35-19-6-4-18(5-7-19)15-34-24(33)29(11-9-25)12-10-26;;/h4-7,16-17,20-21H,8-15H2,1-3H3,(H,27,30)(H,28,31);2*1H. The summed E-state index contributed by atoms with van der Waals surface area (Å²) in [6.07, 6.45) is 2.68. The highest BCUT2D eigenvalue weighted by molar-refractivity contribution is 7.98. The summed E-state index contributed by atoms with van der Waals surface area (Å²) in [5, 5.41) is 5.21. The number of rotatable bonds is 17. The Bertz CT molecular complexity index is 834. The minimum absolute atomic E-state index is 0. The number of carbonyl (C=O) groups is 4. The first-order valence-corrected chi connectivity index (χ1v) is 14.0. The van der Waals surface area contributed by atoms with Gasteiger partial charge in [0.25, 0.3) is 0 Å². The van der Waals surface area contributed by atoms with E-state index in [4.69, 9.17) is 32.7 Å². The largest absolute Gasteiger partial charge is 0.445 e. The Kier molecular flexibility index (Phi) is 16.0. The van der Waals surface area contributed by atoms with E-state index < -0.39 is 30.1 Å². The third kappa shape index (κ3) is 12.2. The summed E-state index contributed by atoms with van der Waals surface area (Å²) in [5.41, 5.74) is 0.698. The number of hydrogen-bond donors (Lipinski definition) is 2. The van der Waals surface area contributed by atoms with Crippen molar-refractivity contribution in [1.82, 2.24) is 15.5 Å². The smallest absolute Gasteiger partial charge is 0.410 e. The van der Waals surface area contributed by atoms with E-state index in [0.29, 0.717) is 43.7 Å². The van der Waals surface area contributed by atoms with Gasteiger partial charge in [0.05, 0.1) is 0 Å². The van der Waals surface area contributed by atoms with Gasteiger partial charge in [-0.05, 0) is 48.5 Å². The lowest BCUT2D eigenvalue weighted by Gasteiger charge is -2.22. The molecule has 0 aliphatic carbocycles. The van der Waals surface area contributed by atoms with Crippen LogP contribution in [0, 0.1) is 5.92 Å². The average Bonchev–Trinajstić information content (AvgIpc) is 2.85. The fourth-order valence-corrected chi connectivity index (χ4v) is 4.02. The molecule has 0 saturated heterocycles. The molecule has 12 heteroatoms. The van der Waals surface area contributed by atoms with Crippen LogP contribution in [0.1, 0.15) is 35.1 Å². The van der Waals surface area contributed by atoms with Gasteiger partial charge in [-0.3, -0.25) is 9.59 Å². The maximum absolute atomic E-state index is 12.8. The van der Waals surface area contributed by atoms with Gasteiger partial charge in [0.1, 0.15) is 24.4 Å². The number of halogens is 2. The molecule has 0 fully saturated rings. The number of esters is 1. The van der Waals surface area contributed by atoms with E-state index in [1.165, 1.54) is 4.90 Å². The Morgan fingerprint density at radius 2 is 1.75 bits per heavy atom. The van der Waals surface area contributed by atoms with Crippen LogP contribution in [-0.2, 0) is 25.7 Å². The van der Waals surface area contributed by atoms with Gasteiger partial charge in [0.2, 0.25) is 12.3 Å². The van der Waals surface area contributed by atoms with Crippen LogP contribution in [0.25, 0.3) is 0 Å². The van der Waals surface area contributed by atoms with Gasteiger partial charge >= 0.3 is 12.1 Å². The van der Waals surface area contributed by atoms with E-state index >= 15 is 0 Å². The molecule has 0 aliphatic heterocycles. The Morgan fingerprint density at radius 1 is 1.11 bits per heavy atom. The minimum atomic E-state index is -0.877. The summed E-state index contributed by atoms with van der Waals surface area (Å²) in [6, 6.07) is 4.90. The molecular formula is C24H39Cl2N3O6S. The molecule has 2 atom stereocenters. The first-order chi connectivity index (χ1) is 17.2. The Hall–Kier alpha value is -2.17. The predicted molar refractivity (Wildman–Crippen MR) is 147 cm³/mol. The summed E-state index contributed by atoms with van der Waals surface area (Å²) >= 11 is 13.0. The topological polar surface area (TPSA) is 114 Å². The van der Waals surface area contributed by atoms with Crippen molar-refractivity contribution < 1.29 is 31.5 Å². The Balaban J connectivity index is 0. The van der Waals surface area contributed by atoms with Crippen molar-refractivity contribution >= 4 is 59.3 Å². The fourth-order valence-electron chi connectivity index (χ4n) is 3.14. The predicted octanol–water partition coefficient (Wildman–Crippen LogP) is 3.90. The minimum Gasteiger partial charge on any atom is -0.445 e. The number of nitrogens with one attached hydrogen (secondary N) is 2. The zero-order chi connectivity index (χ0) is 26.9. The molecule has 1 rings (SSSR count). The van der Waals surface area contributed by atoms with Crippen molar-refractivity contribution in [2.75, 3.05) is 36.9 Å². The van der Waals surface area contributed by atoms with E-state index in [1.807, 2.05) is 20.1 Å². The van der Waals surface area contributed by atoms with Crippen molar-refractivity contribution in [3.63, 3.8) is 0 Å². The average molecular weight is 569 g/mol. The summed E-state index contributed by atoms with van der Waals surface area (Å²) in [6.45, 7) is 4.55. The van der Waals surface area contributed by atoms with E-state index in [0.717, 1.165) is 0 Å². The molecule has 2 unspecified atom stereocenters. The molecule has 1 aromatic rings.